The lowest BCUT2D eigenvalue weighted by Gasteiger charge is -2.00. The van der Waals surface area contributed by atoms with Gasteiger partial charge in [-0.05, 0) is 11.4 Å². The Labute approximate surface area is 99.6 Å². The van der Waals surface area contributed by atoms with Crippen molar-refractivity contribution in [3.63, 3.8) is 0 Å². The molecule has 0 N–H and O–H groups in total. The van der Waals surface area contributed by atoms with Gasteiger partial charge < -0.3 is 4.42 Å². The van der Waals surface area contributed by atoms with E-state index in [1.54, 1.807) is 6.92 Å². The number of rotatable bonds is 2. The van der Waals surface area contributed by atoms with Gasteiger partial charge in [0.1, 0.15) is 11.2 Å². The number of aryl methyl sites for hydroxylation is 1. The fraction of sp³-hybridized carbons (Fsp3) is 0.200. The molecular weight excluding hydrogens is 240 g/mol. The molecule has 0 aliphatic rings. The van der Waals surface area contributed by atoms with Crippen molar-refractivity contribution in [3.05, 3.63) is 39.9 Å². The molecule has 0 radical (unpaired) electrons. The normalized spacial score (nSPS) is 11.1. The van der Waals surface area contributed by atoms with Crippen molar-refractivity contribution in [1.82, 2.24) is 19.7 Å². The number of nitrogens with zero attached hydrogens (tertiary/aromatic N) is 4. The molecule has 6 nitrogen and oxygen atoms in total. The van der Waals surface area contributed by atoms with Crippen LogP contribution in [-0.2, 0) is 6.54 Å². The molecule has 0 unspecified atom stereocenters. The second kappa shape index (κ2) is 3.77. The van der Waals surface area contributed by atoms with E-state index in [1.165, 1.54) is 22.2 Å². The SMILES string of the molecule is Cc1nnc(Cn2cnc3ccsc3c2=O)o1. The summed E-state index contributed by atoms with van der Waals surface area (Å²) in [4.78, 5) is 16.2. The van der Waals surface area contributed by atoms with Crippen LogP contribution >= 0.6 is 11.3 Å². The molecule has 3 aromatic heterocycles. The highest BCUT2D eigenvalue weighted by molar-refractivity contribution is 7.17. The molecule has 3 heterocycles. The molecule has 0 saturated carbocycles. The Morgan fingerprint density at radius 2 is 2.35 bits per heavy atom. The zero-order valence-corrected chi connectivity index (χ0v) is 9.77. The Morgan fingerprint density at radius 3 is 3.12 bits per heavy atom. The first-order valence-corrected chi connectivity index (χ1v) is 5.83. The van der Waals surface area contributed by atoms with Crippen LogP contribution in [0.4, 0.5) is 0 Å². The van der Waals surface area contributed by atoms with Gasteiger partial charge in [0.25, 0.3) is 5.56 Å². The summed E-state index contributed by atoms with van der Waals surface area (Å²) in [5.74, 6) is 0.889. The van der Waals surface area contributed by atoms with Crippen LogP contribution in [0.5, 0.6) is 0 Å². The second-order valence-electron chi connectivity index (χ2n) is 3.53. The minimum Gasteiger partial charge on any atom is -0.424 e. The highest BCUT2D eigenvalue weighted by Crippen LogP contribution is 2.13. The van der Waals surface area contributed by atoms with E-state index in [4.69, 9.17) is 4.42 Å². The third-order valence-corrected chi connectivity index (χ3v) is 3.20. The van der Waals surface area contributed by atoms with E-state index >= 15 is 0 Å². The van der Waals surface area contributed by atoms with Gasteiger partial charge in [0.2, 0.25) is 11.8 Å². The molecule has 0 aromatic carbocycles. The van der Waals surface area contributed by atoms with Gasteiger partial charge >= 0.3 is 0 Å². The molecule has 17 heavy (non-hydrogen) atoms. The average Bonchev–Trinajstić information content (AvgIpc) is 2.92. The van der Waals surface area contributed by atoms with Gasteiger partial charge in [-0.15, -0.1) is 21.5 Å². The number of thiophene rings is 1. The van der Waals surface area contributed by atoms with Crippen molar-refractivity contribution in [2.24, 2.45) is 0 Å². The molecule has 3 rings (SSSR count). The monoisotopic (exact) mass is 248 g/mol. The van der Waals surface area contributed by atoms with Crippen molar-refractivity contribution in [3.8, 4) is 0 Å². The number of aromatic nitrogens is 4. The minimum absolute atomic E-state index is 0.0825. The zero-order valence-electron chi connectivity index (χ0n) is 8.95. The largest absolute Gasteiger partial charge is 0.424 e. The van der Waals surface area contributed by atoms with Crippen LogP contribution in [0.3, 0.4) is 0 Å². The number of hydrogen-bond donors (Lipinski definition) is 0. The molecule has 86 valence electrons. The average molecular weight is 248 g/mol. The summed E-state index contributed by atoms with van der Waals surface area (Å²) >= 11 is 1.38. The molecule has 0 spiro atoms. The Morgan fingerprint density at radius 1 is 1.47 bits per heavy atom. The van der Waals surface area contributed by atoms with Gasteiger partial charge in [-0.2, -0.15) is 0 Å². The quantitative estimate of drug-likeness (QED) is 0.681. The summed E-state index contributed by atoms with van der Waals surface area (Å²) in [5, 5.41) is 9.41. The van der Waals surface area contributed by atoms with Crippen molar-refractivity contribution in [2.45, 2.75) is 13.5 Å². The molecule has 0 saturated heterocycles. The van der Waals surface area contributed by atoms with E-state index in [-0.39, 0.29) is 12.1 Å². The summed E-state index contributed by atoms with van der Waals surface area (Å²) in [6.45, 7) is 1.96. The summed E-state index contributed by atoms with van der Waals surface area (Å²) < 4.78 is 7.34. The lowest BCUT2D eigenvalue weighted by molar-refractivity contribution is 0.451. The van der Waals surface area contributed by atoms with Crippen LogP contribution in [0.2, 0.25) is 0 Å². The van der Waals surface area contributed by atoms with E-state index < -0.39 is 0 Å². The fourth-order valence-electron chi connectivity index (χ4n) is 1.54. The van der Waals surface area contributed by atoms with Gasteiger partial charge in [-0.1, -0.05) is 0 Å². The van der Waals surface area contributed by atoms with Gasteiger partial charge in [0.15, 0.2) is 0 Å². The molecule has 0 bridgehead atoms. The summed E-state index contributed by atoms with van der Waals surface area (Å²) in [6.07, 6.45) is 1.50. The standard InChI is InChI=1S/C10H8N4O2S/c1-6-12-13-8(16-6)4-14-5-11-7-2-3-17-9(7)10(14)15/h2-3,5H,4H2,1H3. The van der Waals surface area contributed by atoms with E-state index in [2.05, 4.69) is 15.2 Å². The Balaban J connectivity index is 2.06. The van der Waals surface area contributed by atoms with Crippen molar-refractivity contribution >= 4 is 21.6 Å². The van der Waals surface area contributed by atoms with E-state index in [0.29, 0.717) is 16.5 Å². The van der Waals surface area contributed by atoms with E-state index in [1.807, 2.05) is 11.4 Å². The van der Waals surface area contributed by atoms with Gasteiger partial charge in [-0.3, -0.25) is 9.36 Å². The third-order valence-electron chi connectivity index (χ3n) is 2.31. The predicted molar refractivity (Wildman–Crippen MR) is 62.0 cm³/mol. The van der Waals surface area contributed by atoms with Crippen molar-refractivity contribution in [1.29, 1.82) is 0 Å². The first-order valence-electron chi connectivity index (χ1n) is 4.95. The van der Waals surface area contributed by atoms with Crippen LogP contribution in [0.25, 0.3) is 10.2 Å². The molecule has 0 atom stereocenters. The predicted octanol–water partition coefficient (Wildman–Crippen LogP) is 1.20. The van der Waals surface area contributed by atoms with Crippen LogP contribution in [-0.4, -0.2) is 19.7 Å². The van der Waals surface area contributed by atoms with Gasteiger partial charge in [-0.25, -0.2) is 4.98 Å². The molecule has 0 aliphatic carbocycles. The minimum atomic E-state index is -0.0825. The molecule has 7 heteroatoms. The van der Waals surface area contributed by atoms with E-state index in [9.17, 15) is 4.79 Å². The molecular formula is C10H8N4O2S. The second-order valence-corrected chi connectivity index (χ2v) is 4.44. The number of fused-ring (bicyclic) bond motifs is 1. The highest BCUT2D eigenvalue weighted by atomic mass is 32.1. The van der Waals surface area contributed by atoms with Crippen molar-refractivity contribution in [2.75, 3.05) is 0 Å². The van der Waals surface area contributed by atoms with Crippen LogP contribution in [0, 0.1) is 6.92 Å². The van der Waals surface area contributed by atoms with Crippen LogP contribution in [0.1, 0.15) is 11.8 Å². The summed E-state index contributed by atoms with van der Waals surface area (Å²) in [6, 6.07) is 1.82. The maximum atomic E-state index is 12.0. The Bertz CT molecular complexity index is 727. The summed E-state index contributed by atoms with van der Waals surface area (Å²) in [5.41, 5.74) is 0.638. The lowest BCUT2D eigenvalue weighted by Crippen LogP contribution is -2.20. The summed E-state index contributed by atoms with van der Waals surface area (Å²) in [7, 11) is 0. The highest BCUT2D eigenvalue weighted by Gasteiger charge is 2.08. The Kier molecular flexibility index (Phi) is 2.25. The topological polar surface area (TPSA) is 73.8 Å². The van der Waals surface area contributed by atoms with E-state index in [0.717, 1.165) is 5.52 Å². The van der Waals surface area contributed by atoms with Crippen LogP contribution in [0.15, 0.2) is 27.0 Å². The van der Waals surface area contributed by atoms with Crippen molar-refractivity contribution < 1.29 is 4.42 Å². The Hall–Kier alpha value is -2.02. The molecule has 0 amide bonds. The van der Waals surface area contributed by atoms with Gasteiger partial charge in [0.05, 0.1) is 11.8 Å². The van der Waals surface area contributed by atoms with Gasteiger partial charge in [0, 0.05) is 6.92 Å². The fourth-order valence-corrected chi connectivity index (χ4v) is 2.33. The van der Waals surface area contributed by atoms with Crippen LogP contribution < -0.4 is 5.56 Å². The lowest BCUT2D eigenvalue weighted by atomic mass is 10.4. The maximum absolute atomic E-state index is 12.0. The molecule has 0 fully saturated rings. The molecule has 0 aliphatic heterocycles. The molecule has 3 aromatic rings. The number of hydrogen-bond acceptors (Lipinski definition) is 6. The smallest absolute Gasteiger partial charge is 0.271 e. The maximum Gasteiger partial charge on any atom is 0.271 e. The first-order chi connectivity index (χ1) is 8.24. The first kappa shape index (κ1) is 10.2. The third kappa shape index (κ3) is 1.74. The zero-order chi connectivity index (χ0) is 11.8.